The largest absolute Gasteiger partial charge is 0.490 e. The number of rotatable bonds is 8. The van der Waals surface area contributed by atoms with Gasteiger partial charge in [-0.15, -0.1) is 0 Å². The van der Waals surface area contributed by atoms with E-state index >= 15 is 0 Å². The van der Waals surface area contributed by atoms with Gasteiger partial charge < -0.3 is 9.64 Å². The topological polar surface area (TPSA) is 134 Å². The van der Waals surface area contributed by atoms with Gasteiger partial charge in [-0.05, 0) is 43.9 Å². The third kappa shape index (κ3) is 4.78. The number of urea groups is 1. The third-order valence-corrected chi connectivity index (χ3v) is 6.86. The zero-order valence-electron chi connectivity index (χ0n) is 16.3. The van der Waals surface area contributed by atoms with Crippen molar-refractivity contribution in [2.24, 2.45) is 0 Å². The summed E-state index contributed by atoms with van der Waals surface area (Å²) in [5.41, 5.74) is 0. The quantitative estimate of drug-likeness (QED) is 0.597. The first-order valence-corrected chi connectivity index (χ1v) is 11.5. The summed E-state index contributed by atoms with van der Waals surface area (Å²) in [6, 6.07) is 6.10. The lowest BCUT2D eigenvalue weighted by Crippen LogP contribution is -2.28. The molecule has 2 N–H and O–H groups in total. The van der Waals surface area contributed by atoms with E-state index in [0.717, 1.165) is 25.7 Å². The van der Waals surface area contributed by atoms with Crippen molar-refractivity contribution in [3.05, 3.63) is 35.9 Å². The number of benzene rings is 1. The van der Waals surface area contributed by atoms with Crippen LogP contribution in [0.2, 0.25) is 0 Å². The molecule has 30 heavy (non-hydrogen) atoms. The van der Waals surface area contributed by atoms with Gasteiger partial charge in [0.25, 0.3) is 0 Å². The van der Waals surface area contributed by atoms with Crippen LogP contribution >= 0.6 is 0 Å². The molecule has 10 nitrogen and oxygen atoms in total. The molecule has 0 unspecified atom stereocenters. The lowest BCUT2D eigenvalue weighted by molar-refractivity contribution is -0.118. The van der Waals surface area contributed by atoms with Crippen LogP contribution in [0.25, 0.3) is 0 Å². The Morgan fingerprint density at radius 1 is 1.20 bits per heavy atom. The summed E-state index contributed by atoms with van der Waals surface area (Å²) < 4.78 is 31.4. The van der Waals surface area contributed by atoms with Crippen molar-refractivity contribution in [3.8, 4) is 5.75 Å². The SMILES string of the molecule is O=C1CN(Cc2nc(CCS(=O)(=O)c3cccc(OC4CCCC4)c3)n[nH]2)C(=O)N1. The van der Waals surface area contributed by atoms with Crippen molar-refractivity contribution in [1.29, 1.82) is 0 Å². The maximum Gasteiger partial charge on any atom is 0.324 e. The molecule has 1 aromatic heterocycles. The minimum Gasteiger partial charge on any atom is -0.490 e. The number of hydrogen-bond donors (Lipinski definition) is 2. The van der Waals surface area contributed by atoms with Crippen molar-refractivity contribution in [1.82, 2.24) is 25.4 Å². The average molecular weight is 433 g/mol. The number of nitrogens with zero attached hydrogens (tertiary/aromatic N) is 3. The molecule has 2 aromatic rings. The summed E-state index contributed by atoms with van der Waals surface area (Å²) >= 11 is 0. The Morgan fingerprint density at radius 3 is 2.73 bits per heavy atom. The first kappa shape index (κ1) is 20.3. The van der Waals surface area contributed by atoms with Crippen LogP contribution in [0.15, 0.2) is 29.2 Å². The second kappa shape index (κ2) is 8.42. The molecule has 2 aliphatic rings. The second-order valence-corrected chi connectivity index (χ2v) is 9.58. The molecule has 2 fully saturated rings. The monoisotopic (exact) mass is 433 g/mol. The van der Waals surface area contributed by atoms with Gasteiger partial charge in [-0.3, -0.25) is 15.2 Å². The lowest BCUT2D eigenvalue weighted by Gasteiger charge is -2.13. The lowest BCUT2D eigenvalue weighted by atomic mass is 10.3. The van der Waals surface area contributed by atoms with Gasteiger partial charge in [-0.2, -0.15) is 5.10 Å². The van der Waals surface area contributed by atoms with Crippen molar-refractivity contribution in [3.63, 3.8) is 0 Å². The predicted octanol–water partition coefficient (Wildman–Crippen LogP) is 1.19. The van der Waals surface area contributed by atoms with E-state index < -0.39 is 15.9 Å². The zero-order chi connectivity index (χ0) is 21.1. The molecule has 3 amide bonds. The van der Waals surface area contributed by atoms with E-state index in [0.29, 0.717) is 17.4 Å². The molecule has 1 aliphatic heterocycles. The Bertz CT molecular complexity index is 1050. The smallest absolute Gasteiger partial charge is 0.324 e. The molecule has 0 radical (unpaired) electrons. The number of aromatic nitrogens is 3. The molecule has 1 aliphatic carbocycles. The number of hydrogen-bond acceptors (Lipinski definition) is 7. The summed E-state index contributed by atoms with van der Waals surface area (Å²) in [7, 11) is -3.54. The van der Waals surface area contributed by atoms with Gasteiger partial charge in [0.2, 0.25) is 5.91 Å². The molecular weight excluding hydrogens is 410 g/mol. The number of carbonyl (C=O) groups excluding carboxylic acids is 2. The van der Waals surface area contributed by atoms with Crippen LogP contribution in [0.5, 0.6) is 5.75 Å². The minimum absolute atomic E-state index is 0.0392. The van der Waals surface area contributed by atoms with Gasteiger partial charge in [0, 0.05) is 6.42 Å². The van der Waals surface area contributed by atoms with E-state index in [1.54, 1.807) is 24.3 Å². The fourth-order valence-corrected chi connectivity index (χ4v) is 4.86. The van der Waals surface area contributed by atoms with E-state index in [1.165, 1.54) is 4.90 Å². The number of ether oxygens (including phenoxy) is 1. The molecule has 0 atom stereocenters. The van der Waals surface area contributed by atoms with E-state index in [-0.39, 0.29) is 42.2 Å². The minimum atomic E-state index is -3.54. The van der Waals surface area contributed by atoms with Gasteiger partial charge in [0.1, 0.15) is 18.1 Å². The van der Waals surface area contributed by atoms with Gasteiger partial charge in [-0.25, -0.2) is 18.2 Å². The molecule has 0 bridgehead atoms. The summed E-state index contributed by atoms with van der Waals surface area (Å²) in [5, 5.41) is 8.88. The van der Waals surface area contributed by atoms with Crippen molar-refractivity contribution < 1.29 is 22.7 Å². The number of sulfone groups is 1. The Morgan fingerprint density at radius 2 is 2.00 bits per heavy atom. The molecule has 1 aromatic carbocycles. The number of H-pyrrole nitrogens is 1. The summed E-state index contributed by atoms with van der Waals surface area (Å²) in [4.78, 5) is 28.5. The maximum atomic E-state index is 12.7. The Labute approximate surface area is 173 Å². The molecule has 4 rings (SSSR count). The van der Waals surface area contributed by atoms with Crippen LogP contribution < -0.4 is 10.1 Å². The number of aryl methyl sites for hydroxylation is 1. The van der Waals surface area contributed by atoms with Crippen molar-refractivity contribution >= 4 is 21.8 Å². The number of nitrogens with one attached hydrogen (secondary N) is 2. The molecule has 1 saturated carbocycles. The van der Waals surface area contributed by atoms with Crippen molar-refractivity contribution in [2.75, 3.05) is 12.3 Å². The molecule has 1 saturated heterocycles. The zero-order valence-corrected chi connectivity index (χ0v) is 17.2. The molecule has 0 spiro atoms. The second-order valence-electron chi connectivity index (χ2n) is 7.48. The summed E-state index contributed by atoms with van der Waals surface area (Å²) in [5.74, 6) is 0.767. The fourth-order valence-electron chi connectivity index (χ4n) is 3.59. The summed E-state index contributed by atoms with van der Waals surface area (Å²) in [6.45, 7) is 0.0559. The van der Waals surface area contributed by atoms with Gasteiger partial charge >= 0.3 is 6.03 Å². The maximum absolute atomic E-state index is 12.7. The van der Waals surface area contributed by atoms with Gasteiger partial charge in [-0.1, -0.05) is 6.07 Å². The molecule has 2 heterocycles. The first-order valence-electron chi connectivity index (χ1n) is 9.87. The first-order chi connectivity index (χ1) is 14.4. The molecule has 160 valence electrons. The van der Waals surface area contributed by atoms with Gasteiger partial charge in [0.15, 0.2) is 15.7 Å². The summed E-state index contributed by atoms with van der Waals surface area (Å²) in [6.07, 6.45) is 4.55. The van der Waals surface area contributed by atoms with Gasteiger partial charge in [0.05, 0.1) is 23.3 Å². The fraction of sp³-hybridized carbons (Fsp3) is 0.474. The molecule has 11 heteroatoms. The third-order valence-electron chi connectivity index (χ3n) is 5.15. The Kier molecular flexibility index (Phi) is 5.71. The van der Waals surface area contributed by atoms with E-state index in [2.05, 4.69) is 20.5 Å². The van der Waals surface area contributed by atoms with Crippen LogP contribution in [0.1, 0.15) is 37.3 Å². The standard InChI is InChI=1S/C19H23N5O5S/c25-18-12-24(19(26)21-18)11-17-20-16(22-23-17)8-9-30(27,28)15-7-3-6-14(10-15)29-13-4-1-2-5-13/h3,6-7,10,13H,1-2,4-5,8-9,11-12H2,(H,20,22,23)(H,21,25,26). The highest BCUT2D eigenvalue weighted by molar-refractivity contribution is 7.91. The highest BCUT2D eigenvalue weighted by Gasteiger charge is 2.27. The van der Waals surface area contributed by atoms with Crippen LogP contribution in [-0.2, 0) is 27.6 Å². The highest BCUT2D eigenvalue weighted by Crippen LogP contribution is 2.26. The van der Waals surface area contributed by atoms with Crippen LogP contribution in [0.3, 0.4) is 0 Å². The number of aromatic amines is 1. The van der Waals surface area contributed by atoms with Crippen LogP contribution in [-0.4, -0.2) is 58.8 Å². The van der Waals surface area contributed by atoms with Crippen LogP contribution in [0.4, 0.5) is 4.79 Å². The van der Waals surface area contributed by atoms with Crippen molar-refractivity contribution in [2.45, 2.75) is 49.6 Å². The van der Waals surface area contributed by atoms with E-state index in [1.807, 2.05) is 0 Å². The van der Waals surface area contributed by atoms with E-state index in [9.17, 15) is 18.0 Å². The van der Waals surface area contributed by atoms with E-state index in [4.69, 9.17) is 4.74 Å². The van der Waals surface area contributed by atoms with Crippen LogP contribution in [0, 0.1) is 0 Å². The molecular formula is C19H23N5O5S. The predicted molar refractivity (Wildman–Crippen MR) is 105 cm³/mol. The number of amides is 3. The highest BCUT2D eigenvalue weighted by atomic mass is 32.2. The number of carbonyl (C=O) groups is 2. The average Bonchev–Trinajstić information content (AvgIpc) is 3.44. The Hall–Kier alpha value is -2.95. The Balaban J connectivity index is 1.35. The number of imide groups is 1. The normalized spacial score (nSPS) is 17.5.